The number of hydrogen-bond acceptors (Lipinski definition) is 4. The lowest BCUT2D eigenvalue weighted by Crippen LogP contribution is -2.15. The molecule has 1 heterocycles. The number of amidine groups is 1. The predicted molar refractivity (Wildman–Crippen MR) is 125 cm³/mol. The number of halogens is 2. The van der Waals surface area contributed by atoms with Crippen molar-refractivity contribution in [2.45, 2.75) is 38.5 Å². The summed E-state index contributed by atoms with van der Waals surface area (Å²) in [7, 11) is 0. The molecule has 0 aromatic heterocycles. The molecule has 0 radical (unpaired) electrons. The molecule has 2 atom stereocenters. The van der Waals surface area contributed by atoms with Crippen LogP contribution in [0.4, 0.5) is 4.39 Å². The van der Waals surface area contributed by atoms with Gasteiger partial charge < -0.3 is 10.1 Å². The van der Waals surface area contributed by atoms with Crippen molar-refractivity contribution in [3.05, 3.63) is 84.4 Å². The van der Waals surface area contributed by atoms with E-state index in [0.717, 1.165) is 30.2 Å². The summed E-state index contributed by atoms with van der Waals surface area (Å²) in [5.41, 5.74) is 1.71. The van der Waals surface area contributed by atoms with Crippen molar-refractivity contribution in [3.63, 3.8) is 0 Å². The molecular formula is C24H29ClFN3O. The molecule has 2 unspecified atom stereocenters. The molecule has 0 saturated carbocycles. The predicted octanol–water partition coefficient (Wildman–Crippen LogP) is 6.28. The summed E-state index contributed by atoms with van der Waals surface area (Å²) in [6.45, 7) is 7.52. The van der Waals surface area contributed by atoms with Crippen molar-refractivity contribution in [1.82, 2.24) is 5.32 Å². The van der Waals surface area contributed by atoms with E-state index in [1.165, 1.54) is 6.08 Å². The van der Waals surface area contributed by atoms with Gasteiger partial charge in [0.25, 0.3) is 0 Å². The lowest BCUT2D eigenvalue weighted by molar-refractivity contribution is 0.250. The van der Waals surface area contributed by atoms with E-state index in [2.05, 4.69) is 40.1 Å². The van der Waals surface area contributed by atoms with Gasteiger partial charge in [-0.05, 0) is 55.6 Å². The van der Waals surface area contributed by atoms with E-state index >= 15 is 0 Å². The van der Waals surface area contributed by atoms with Crippen LogP contribution in [-0.2, 0) is 4.74 Å². The fourth-order valence-corrected chi connectivity index (χ4v) is 3.07. The van der Waals surface area contributed by atoms with Crippen LogP contribution in [0.15, 0.2) is 94.4 Å². The van der Waals surface area contributed by atoms with Crippen LogP contribution in [0, 0.1) is 5.92 Å². The topological polar surface area (TPSA) is 46.0 Å². The molecule has 2 rings (SSSR count). The van der Waals surface area contributed by atoms with E-state index in [9.17, 15) is 4.39 Å². The molecule has 0 amide bonds. The Morgan fingerprint density at radius 2 is 2.13 bits per heavy atom. The molecule has 0 aromatic rings. The SMILES string of the molecule is C=C/C(F)=C\C(Cl)C(C)/C1=C/N/C=C(/COC2=CCC=CCC=C2)N=C(C)N=CC1. The van der Waals surface area contributed by atoms with E-state index in [1.807, 2.05) is 32.2 Å². The molecule has 6 heteroatoms. The van der Waals surface area contributed by atoms with Crippen LogP contribution in [0.1, 0.15) is 33.1 Å². The molecule has 0 fully saturated rings. The van der Waals surface area contributed by atoms with Gasteiger partial charge in [-0.25, -0.2) is 14.4 Å². The number of allylic oxidation sites excluding steroid dienone is 9. The van der Waals surface area contributed by atoms with Gasteiger partial charge in [0, 0.05) is 25.0 Å². The van der Waals surface area contributed by atoms with Gasteiger partial charge in [0.1, 0.15) is 24.0 Å². The lowest BCUT2D eigenvalue weighted by Gasteiger charge is -2.18. The first-order valence-corrected chi connectivity index (χ1v) is 10.4. The van der Waals surface area contributed by atoms with Crippen molar-refractivity contribution in [3.8, 4) is 0 Å². The van der Waals surface area contributed by atoms with Crippen LogP contribution >= 0.6 is 11.6 Å². The first-order valence-electron chi connectivity index (χ1n) is 9.99. The van der Waals surface area contributed by atoms with E-state index in [0.29, 0.717) is 24.6 Å². The van der Waals surface area contributed by atoms with Gasteiger partial charge >= 0.3 is 0 Å². The van der Waals surface area contributed by atoms with Crippen molar-refractivity contribution in [2.24, 2.45) is 15.9 Å². The molecule has 4 nitrogen and oxygen atoms in total. The zero-order valence-corrected chi connectivity index (χ0v) is 18.3. The molecule has 0 saturated heterocycles. The third-order valence-electron chi connectivity index (χ3n) is 4.57. The smallest absolute Gasteiger partial charge is 0.132 e. The maximum absolute atomic E-state index is 13.5. The summed E-state index contributed by atoms with van der Waals surface area (Å²) >= 11 is 6.37. The molecule has 0 bridgehead atoms. The van der Waals surface area contributed by atoms with E-state index < -0.39 is 11.2 Å². The molecule has 1 N–H and O–H groups in total. The highest BCUT2D eigenvalue weighted by atomic mass is 35.5. The van der Waals surface area contributed by atoms with Gasteiger partial charge in [-0.2, -0.15) is 0 Å². The molecule has 0 aromatic carbocycles. The van der Waals surface area contributed by atoms with Gasteiger partial charge in [-0.15, -0.1) is 11.6 Å². The summed E-state index contributed by atoms with van der Waals surface area (Å²) in [6.07, 6.45) is 20.6. The second kappa shape index (κ2) is 12.8. The van der Waals surface area contributed by atoms with Crippen LogP contribution in [-0.4, -0.2) is 24.0 Å². The van der Waals surface area contributed by atoms with Crippen molar-refractivity contribution < 1.29 is 9.13 Å². The Morgan fingerprint density at radius 3 is 2.93 bits per heavy atom. The average molecular weight is 430 g/mol. The van der Waals surface area contributed by atoms with Gasteiger partial charge in [-0.3, -0.25) is 0 Å². The van der Waals surface area contributed by atoms with E-state index in [1.54, 1.807) is 12.4 Å². The standard InChI is InChI=1S/C24H29ClFN3O/c1-4-21(26)14-24(25)18(2)20-12-13-28-19(3)29-22(16-27-15-20)17-30-23-10-8-6-5-7-9-11-23/h4-6,9-11,13-16,18,24,27H,1,7-8,12,17H2,2-3H3/b6-5?,11-9?,20-15+,21-14+,22-16-,23-10?,28-13?,29-19?. The number of nitrogens with zero attached hydrogens (tertiary/aromatic N) is 2. The molecule has 2 aliphatic rings. The highest BCUT2D eigenvalue weighted by Gasteiger charge is 2.17. The highest BCUT2D eigenvalue weighted by Crippen LogP contribution is 2.24. The van der Waals surface area contributed by atoms with Crippen LogP contribution in [0.3, 0.4) is 0 Å². The van der Waals surface area contributed by atoms with Gasteiger partial charge in [0.15, 0.2) is 0 Å². The van der Waals surface area contributed by atoms with Crippen LogP contribution < -0.4 is 5.32 Å². The number of rotatable bonds is 7. The van der Waals surface area contributed by atoms with Crippen molar-refractivity contribution in [1.29, 1.82) is 0 Å². The Balaban J connectivity index is 2.12. The Bertz CT molecular complexity index is 847. The zero-order valence-electron chi connectivity index (χ0n) is 17.5. The fourth-order valence-electron chi connectivity index (χ4n) is 2.79. The van der Waals surface area contributed by atoms with Gasteiger partial charge in [0.05, 0.1) is 11.1 Å². The van der Waals surface area contributed by atoms with Crippen molar-refractivity contribution >= 4 is 23.7 Å². The minimum absolute atomic E-state index is 0.0978. The largest absolute Gasteiger partial charge is 0.488 e. The fraction of sp³-hybridized carbons (Fsp3) is 0.333. The summed E-state index contributed by atoms with van der Waals surface area (Å²) in [5.74, 6) is 0.920. The van der Waals surface area contributed by atoms with Crippen molar-refractivity contribution in [2.75, 3.05) is 6.61 Å². The number of nitrogens with one attached hydrogen (secondary N) is 1. The molecule has 30 heavy (non-hydrogen) atoms. The molecular weight excluding hydrogens is 401 g/mol. The minimum Gasteiger partial charge on any atom is -0.488 e. The van der Waals surface area contributed by atoms with Crippen LogP contribution in [0.5, 0.6) is 0 Å². The third kappa shape index (κ3) is 8.37. The zero-order chi connectivity index (χ0) is 21.8. The highest BCUT2D eigenvalue weighted by molar-refractivity contribution is 6.22. The Hall–Kier alpha value is -2.66. The molecule has 1 aliphatic carbocycles. The maximum atomic E-state index is 13.5. The Labute approximate surface area is 183 Å². The Morgan fingerprint density at radius 1 is 1.33 bits per heavy atom. The Kier molecular flexibility index (Phi) is 10.1. The second-order valence-electron chi connectivity index (χ2n) is 6.93. The first-order chi connectivity index (χ1) is 14.5. The van der Waals surface area contributed by atoms with Crippen LogP contribution in [0.25, 0.3) is 0 Å². The normalized spacial score (nSPS) is 23.3. The third-order valence-corrected chi connectivity index (χ3v) is 5.07. The quantitative estimate of drug-likeness (QED) is 0.294. The maximum Gasteiger partial charge on any atom is 0.132 e. The minimum atomic E-state index is -0.499. The van der Waals surface area contributed by atoms with Crippen LogP contribution in [0.2, 0.25) is 0 Å². The lowest BCUT2D eigenvalue weighted by atomic mass is 9.95. The molecule has 160 valence electrons. The van der Waals surface area contributed by atoms with E-state index in [-0.39, 0.29) is 5.92 Å². The summed E-state index contributed by atoms with van der Waals surface area (Å²) in [6, 6.07) is 0. The first kappa shape index (κ1) is 23.6. The number of hydrogen-bond donors (Lipinski definition) is 1. The van der Waals surface area contributed by atoms with Gasteiger partial charge in [-0.1, -0.05) is 31.7 Å². The van der Waals surface area contributed by atoms with E-state index in [4.69, 9.17) is 16.3 Å². The number of aliphatic imine (C=N–C) groups is 2. The molecule has 0 spiro atoms. The second-order valence-corrected chi connectivity index (χ2v) is 7.43. The summed E-state index contributed by atoms with van der Waals surface area (Å²) < 4.78 is 19.4. The average Bonchev–Trinajstić information content (AvgIpc) is 2.70. The monoisotopic (exact) mass is 429 g/mol. The molecule has 1 aliphatic heterocycles. The number of alkyl halides is 1. The number of ether oxygens (including phenoxy) is 1. The summed E-state index contributed by atoms with van der Waals surface area (Å²) in [4.78, 5) is 8.92. The summed E-state index contributed by atoms with van der Waals surface area (Å²) in [5, 5.41) is 2.68. The van der Waals surface area contributed by atoms with Gasteiger partial charge in [0.2, 0.25) is 0 Å².